The van der Waals surface area contributed by atoms with E-state index in [0.717, 1.165) is 22.6 Å². The van der Waals surface area contributed by atoms with Crippen molar-refractivity contribution in [2.75, 3.05) is 12.8 Å². The second-order valence-corrected chi connectivity index (χ2v) is 7.93. The number of aromatic nitrogens is 2. The minimum Gasteiger partial charge on any atom is -0.383 e. The van der Waals surface area contributed by atoms with E-state index in [2.05, 4.69) is 50.3 Å². The summed E-state index contributed by atoms with van der Waals surface area (Å²) in [5.74, 6) is 1.44. The summed E-state index contributed by atoms with van der Waals surface area (Å²) in [5.41, 5.74) is 7.37. The lowest BCUT2D eigenvalue weighted by Crippen LogP contribution is -3.07. The molecule has 0 saturated carbocycles. The molecule has 0 saturated heterocycles. The van der Waals surface area contributed by atoms with Gasteiger partial charge in [-0.25, -0.2) is 9.97 Å². The maximum Gasteiger partial charge on any atom is 0.187 e. The molecule has 116 valence electrons. The van der Waals surface area contributed by atoms with E-state index in [1.807, 2.05) is 0 Å². The van der Waals surface area contributed by atoms with Crippen LogP contribution in [0.15, 0.2) is 17.5 Å². The molecule has 3 N–H and O–H groups in total. The number of quaternary nitrogens is 1. The second kappa shape index (κ2) is 5.95. The summed E-state index contributed by atoms with van der Waals surface area (Å²) in [6, 6.07) is 4.71. The van der Waals surface area contributed by atoms with Crippen molar-refractivity contribution < 1.29 is 4.90 Å². The Labute approximate surface area is 138 Å². The Morgan fingerprint density at radius 1 is 1.32 bits per heavy atom. The summed E-state index contributed by atoms with van der Waals surface area (Å²) < 4.78 is 0. The number of thiophene rings is 2. The van der Waals surface area contributed by atoms with Crippen molar-refractivity contribution in [1.29, 1.82) is 0 Å². The van der Waals surface area contributed by atoms with Gasteiger partial charge in [0.05, 0.1) is 17.3 Å². The Morgan fingerprint density at radius 3 is 2.77 bits per heavy atom. The summed E-state index contributed by atoms with van der Waals surface area (Å²) in [7, 11) is 2.18. The number of aryl methyl sites for hydroxylation is 2. The fourth-order valence-corrected chi connectivity index (χ4v) is 4.52. The zero-order valence-corrected chi connectivity index (χ0v) is 14.9. The van der Waals surface area contributed by atoms with Crippen LogP contribution in [0, 0.1) is 13.8 Å². The molecule has 0 bridgehead atoms. The van der Waals surface area contributed by atoms with Gasteiger partial charge < -0.3 is 10.6 Å². The van der Waals surface area contributed by atoms with Crippen molar-refractivity contribution in [3.05, 3.63) is 38.7 Å². The first-order valence-electron chi connectivity index (χ1n) is 7.35. The maximum absolute atomic E-state index is 6.17. The summed E-state index contributed by atoms with van der Waals surface area (Å²) >= 11 is 3.50. The first kappa shape index (κ1) is 15.4. The van der Waals surface area contributed by atoms with Crippen LogP contribution in [0.3, 0.4) is 0 Å². The van der Waals surface area contributed by atoms with E-state index in [0.29, 0.717) is 11.9 Å². The maximum atomic E-state index is 6.17. The van der Waals surface area contributed by atoms with Crippen LogP contribution in [-0.4, -0.2) is 17.0 Å². The molecule has 0 aliphatic carbocycles. The highest BCUT2D eigenvalue weighted by Crippen LogP contribution is 2.31. The molecule has 3 aromatic heterocycles. The van der Waals surface area contributed by atoms with E-state index in [9.17, 15) is 0 Å². The van der Waals surface area contributed by atoms with Crippen molar-refractivity contribution in [3.63, 3.8) is 0 Å². The molecule has 0 fully saturated rings. The smallest absolute Gasteiger partial charge is 0.187 e. The first-order valence-corrected chi connectivity index (χ1v) is 9.04. The molecule has 6 heteroatoms. The number of nitrogens with one attached hydrogen (secondary N) is 1. The highest BCUT2D eigenvalue weighted by atomic mass is 32.1. The van der Waals surface area contributed by atoms with Gasteiger partial charge >= 0.3 is 0 Å². The fraction of sp³-hybridized carbons (Fsp3) is 0.375. The van der Waals surface area contributed by atoms with Crippen molar-refractivity contribution in [2.24, 2.45) is 0 Å². The van der Waals surface area contributed by atoms with Gasteiger partial charge in [-0.3, -0.25) is 0 Å². The first-order chi connectivity index (χ1) is 10.5. The zero-order valence-electron chi connectivity index (χ0n) is 13.3. The van der Waals surface area contributed by atoms with Gasteiger partial charge in [0.25, 0.3) is 0 Å². The molecule has 1 unspecified atom stereocenters. The van der Waals surface area contributed by atoms with Gasteiger partial charge in [-0.15, -0.1) is 22.7 Å². The molecule has 0 aliphatic rings. The van der Waals surface area contributed by atoms with E-state index < -0.39 is 0 Å². The molecule has 0 radical (unpaired) electrons. The molecule has 0 spiro atoms. The second-order valence-electron chi connectivity index (χ2n) is 5.75. The van der Waals surface area contributed by atoms with E-state index in [1.165, 1.54) is 20.2 Å². The fourth-order valence-electron chi connectivity index (χ4n) is 2.59. The summed E-state index contributed by atoms with van der Waals surface area (Å²) in [4.78, 5) is 14.3. The number of fused-ring (bicyclic) bond motifs is 1. The van der Waals surface area contributed by atoms with E-state index in [-0.39, 0.29) is 0 Å². The van der Waals surface area contributed by atoms with Crippen molar-refractivity contribution >= 4 is 38.7 Å². The highest BCUT2D eigenvalue weighted by Gasteiger charge is 2.19. The molecule has 0 amide bonds. The average Bonchev–Trinajstić information content (AvgIpc) is 3.07. The molecular formula is C16H21N4S2+. The Hall–Kier alpha value is -1.50. The van der Waals surface area contributed by atoms with Crippen LogP contribution < -0.4 is 10.6 Å². The highest BCUT2D eigenvalue weighted by molar-refractivity contribution is 7.18. The molecule has 0 aliphatic heterocycles. The monoisotopic (exact) mass is 333 g/mol. The lowest BCUT2D eigenvalue weighted by atomic mass is 10.2. The van der Waals surface area contributed by atoms with E-state index in [1.54, 1.807) is 22.7 Å². The van der Waals surface area contributed by atoms with E-state index >= 15 is 0 Å². The number of hydrogen-bond acceptors (Lipinski definition) is 5. The third-order valence-corrected chi connectivity index (χ3v) is 6.41. The SMILES string of the molecule is Cc1sc2nc(C[NH+](C)[C@@H](C)c3cccs3)nc(N)c2c1C. The molecule has 22 heavy (non-hydrogen) atoms. The van der Waals surface area contributed by atoms with Crippen LogP contribution >= 0.6 is 22.7 Å². The number of hydrogen-bond donors (Lipinski definition) is 2. The van der Waals surface area contributed by atoms with Crippen LogP contribution in [0.25, 0.3) is 10.2 Å². The van der Waals surface area contributed by atoms with Crippen molar-refractivity contribution in [3.8, 4) is 0 Å². The predicted molar refractivity (Wildman–Crippen MR) is 94.6 cm³/mol. The Balaban J connectivity index is 1.88. The van der Waals surface area contributed by atoms with Crippen molar-refractivity contribution in [1.82, 2.24) is 9.97 Å². The number of nitrogen functional groups attached to an aromatic ring is 1. The third kappa shape index (κ3) is 2.74. The molecule has 2 atom stereocenters. The van der Waals surface area contributed by atoms with Gasteiger partial charge in [0.15, 0.2) is 5.82 Å². The number of rotatable bonds is 4. The normalized spacial score (nSPS) is 14.4. The minimum atomic E-state index is 0.423. The van der Waals surface area contributed by atoms with Crippen LogP contribution in [0.2, 0.25) is 0 Å². The third-order valence-electron chi connectivity index (χ3n) is 4.25. The summed E-state index contributed by atoms with van der Waals surface area (Å²) in [5, 5.41) is 3.15. The summed E-state index contributed by atoms with van der Waals surface area (Å²) in [6.07, 6.45) is 0. The van der Waals surface area contributed by atoms with Gasteiger partial charge in [-0.05, 0) is 37.8 Å². The van der Waals surface area contributed by atoms with Gasteiger partial charge in [-0.1, -0.05) is 6.07 Å². The largest absolute Gasteiger partial charge is 0.383 e. The quantitative estimate of drug-likeness (QED) is 0.772. The molecule has 3 heterocycles. The lowest BCUT2D eigenvalue weighted by Gasteiger charge is -2.20. The topological polar surface area (TPSA) is 56.2 Å². The standard InChI is InChI=1S/C16H20N4S2/c1-9-11(3)22-16-14(9)15(17)18-13(19-16)8-20(4)10(2)12-6-5-7-21-12/h5-7,10H,8H2,1-4H3,(H2,17,18,19)/p+1/t10-/m0/s1. The minimum absolute atomic E-state index is 0.423. The molecule has 3 aromatic rings. The molecule has 3 rings (SSSR count). The Bertz CT molecular complexity index is 792. The number of nitrogens with two attached hydrogens (primary N) is 1. The number of anilines is 1. The number of nitrogens with zero attached hydrogens (tertiary/aromatic N) is 2. The van der Waals surface area contributed by atoms with Gasteiger partial charge in [-0.2, -0.15) is 0 Å². The molecule has 4 nitrogen and oxygen atoms in total. The Kier molecular flexibility index (Phi) is 4.16. The van der Waals surface area contributed by atoms with Crippen LogP contribution in [-0.2, 0) is 6.54 Å². The summed E-state index contributed by atoms with van der Waals surface area (Å²) in [6.45, 7) is 7.21. The molecular weight excluding hydrogens is 312 g/mol. The van der Waals surface area contributed by atoms with Crippen LogP contribution in [0.4, 0.5) is 5.82 Å². The van der Waals surface area contributed by atoms with Crippen LogP contribution in [0.5, 0.6) is 0 Å². The Morgan fingerprint density at radius 2 is 2.09 bits per heavy atom. The van der Waals surface area contributed by atoms with Crippen molar-refractivity contribution in [2.45, 2.75) is 33.4 Å². The van der Waals surface area contributed by atoms with Gasteiger partial charge in [0.1, 0.15) is 23.2 Å². The molecule has 0 aromatic carbocycles. The van der Waals surface area contributed by atoms with E-state index in [4.69, 9.17) is 10.7 Å². The zero-order chi connectivity index (χ0) is 15.9. The van der Waals surface area contributed by atoms with Crippen LogP contribution in [0.1, 0.15) is 34.1 Å². The average molecular weight is 334 g/mol. The van der Waals surface area contributed by atoms with Gasteiger partial charge in [0.2, 0.25) is 0 Å². The predicted octanol–water partition coefficient (Wildman–Crippen LogP) is 2.73. The van der Waals surface area contributed by atoms with Gasteiger partial charge in [0, 0.05) is 4.88 Å². The lowest BCUT2D eigenvalue weighted by molar-refractivity contribution is -0.924.